The number of amides is 2. The molecule has 5 rings (SSSR count). The fourth-order valence-corrected chi connectivity index (χ4v) is 8.51. The van der Waals surface area contributed by atoms with E-state index in [0.717, 1.165) is 6.07 Å². The lowest BCUT2D eigenvalue weighted by Crippen LogP contribution is -2.15. The van der Waals surface area contributed by atoms with Crippen LogP contribution in [0.15, 0.2) is 142 Å². The number of rotatable bonds is 21. The molecule has 0 unspecified atom stereocenters. The van der Waals surface area contributed by atoms with Crippen molar-refractivity contribution in [3.63, 3.8) is 0 Å². The lowest BCUT2D eigenvalue weighted by atomic mass is 10.1. The topological polar surface area (TPSA) is 430 Å². The molecule has 0 spiro atoms. The van der Waals surface area contributed by atoms with Crippen LogP contribution in [-0.2, 0) is 58.4 Å². The zero-order valence-electron chi connectivity index (χ0n) is 36.2. The van der Waals surface area contributed by atoms with Crippen LogP contribution >= 0.6 is 0 Å². The van der Waals surface area contributed by atoms with Crippen LogP contribution in [0, 0.1) is 0 Å². The largest absolute Gasteiger partial charge is 0.505 e. The maximum Gasteiger partial charge on any atom is 0.397 e. The number of carboxylic acid groups (broad SMARTS) is 1. The van der Waals surface area contributed by atoms with E-state index in [1.165, 1.54) is 98.8 Å². The Bertz CT molecular complexity index is 3460. The first kappa shape index (κ1) is 54.1. The molecule has 32 heteroatoms. The monoisotopic (exact) mass is 1060 g/mol. The minimum absolute atomic E-state index is 0.000688. The molecule has 374 valence electrons. The van der Waals surface area contributed by atoms with E-state index in [2.05, 4.69) is 59.9 Å². The van der Waals surface area contributed by atoms with Gasteiger partial charge in [-0.05, 0) is 91.0 Å². The Morgan fingerprint density at radius 1 is 0.507 bits per heavy atom. The molecule has 0 bridgehead atoms. The number of nitrogens with one attached hydrogen (secondary N) is 2. The second-order valence-corrected chi connectivity index (χ2v) is 20.4. The average molecular weight is 1060 g/mol. The number of sulfone groups is 2. The van der Waals surface area contributed by atoms with Crippen LogP contribution in [0.25, 0.3) is 0 Å². The summed E-state index contributed by atoms with van der Waals surface area (Å²) in [7, 11) is -17.7. The summed E-state index contributed by atoms with van der Waals surface area (Å²) in [5.41, 5.74) is -1.58. The van der Waals surface area contributed by atoms with Crippen LogP contribution in [0.3, 0.4) is 0 Å². The first-order valence-electron chi connectivity index (χ1n) is 19.4. The Morgan fingerprint density at radius 2 is 0.873 bits per heavy atom. The number of carboxylic acids is 1. The van der Waals surface area contributed by atoms with Crippen LogP contribution in [0.2, 0.25) is 0 Å². The number of carbonyl (C=O) groups is 3. The van der Waals surface area contributed by atoms with Gasteiger partial charge in [-0.25, -0.2) is 30.0 Å². The summed E-state index contributed by atoms with van der Waals surface area (Å²) < 4.78 is 118. The van der Waals surface area contributed by atoms with Crippen molar-refractivity contribution in [3.05, 3.63) is 96.6 Å². The Hall–Kier alpha value is -7.85. The van der Waals surface area contributed by atoms with Gasteiger partial charge in [-0.3, -0.25) is 18.7 Å². The number of anilines is 2. The predicted octanol–water partition coefficient (Wildman–Crippen LogP) is 7.56. The van der Waals surface area contributed by atoms with E-state index in [0.29, 0.717) is 0 Å². The van der Waals surface area contributed by atoms with E-state index in [1.54, 1.807) is 0 Å². The first-order valence-corrected chi connectivity index (χ1v) is 25.4. The normalized spacial score (nSPS) is 12.6. The fourth-order valence-electron chi connectivity index (χ4n) is 5.54. The van der Waals surface area contributed by atoms with E-state index >= 15 is 0 Å². The summed E-state index contributed by atoms with van der Waals surface area (Å²) in [5, 5.41) is 68.7. The number of nitrogens with zero attached hydrogens (tertiary/aromatic N) is 8. The fraction of sp³-hybridized carbons (Fsp3) is 0.154. The lowest BCUT2D eigenvalue weighted by molar-refractivity contribution is -0.115. The van der Waals surface area contributed by atoms with Gasteiger partial charge in [0, 0.05) is 13.8 Å². The highest BCUT2D eigenvalue weighted by Crippen LogP contribution is 2.47. The summed E-state index contributed by atoms with van der Waals surface area (Å²) >= 11 is 0. The maximum atomic E-state index is 12.5. The molecule has 0 aliphatic heterocycles. The van der Waals surface area contributed by atoms with Gasteiger partial charge >= 0.3 is 26.8 Å². The molecule has 7 N–H and O–H groups in total. The number of aromatic carboxylic acids is 1. The van der Waals surface area contributed by atoms with E-state index < -0.39 is 111 Å². The number of phenols is 2. The molecule has 5 aromatic rings. The Morgan fingerprint density at radius 3 is 1.24 bits per heavy atom. The minimum Gasteiger partial charge on any atom is -0.505 e. The van der Waals surface area contributed by atoms with Gasteiger partial charge < -0.3 is 26.0 Å². The van der Waals surface area contributed by atoms with Crippen molar-refractivity contribution in [2.75, 3.05) is 35.4 Å². The highest BCUT2D eigenvalue weighted by molar-refractivity contribution is 7.91. The number of hydrogen-bond donors (Lipinski definition) is 7. The molecule has 0 saturated carbocycles. The smallest absolute Gasteiger partial charge is 0.397 e. The molecule has 0 heterocycles. The summed E-state index contributed by atoms with van der Waals surface area (Å²) in [4.78, 5) is 35.9. The van der Waals surface area contributed by atoms with Crippen molar-refractivity contribution in [1.82, 2.24) is 0 Å². The molecule has 71 heavy (non-hydrogen) atoms. The molecule has 0 radical (unpaired) electrons. The van der Waals surface area contributed by atoms with E-state index in [1.807, 2.05) is 0 Å². The zero-order chi connectivity index (χ0) is 52.3. The van der Waals surface area contributed by atoms with Gasteiger partial charge in [-0.15, -0.1) is 20.5 Å². The number of carbonyl (C=O) groups excluding carboxylic acids is 2. The highest BCUT2D eigenvalue weighted by atomic mass is 32.3. The number of aromatic hydroxyl groups is 2. The molecule has 2 amide bonds. The summed E-state index contributed by atoms with van der Waals surface area (Å²) in [6.07, 6.45) is 0. The van der Waals surface area contributed by atoms with Gasteiger partial charge in [-0.2, -0.15) is 37.3 Å². The molecular weight excluding hydrogens is 1020 g/mol. The molecule has 0 fully saturated rings. The zero-order valence-corrected chi connectivity index (χ0v) is 39.5. The molecule has 5 aromatic carbocycles. The summed E-state index contributed by atoms with van der Waals surface area (Å²) in [6.45, 7) is 0.718. The third-order valence-corrected chi connectivity index (χ3v) is 13.0. The molecule has 0 atom stereocenters. The van der Waals surface area contributed by atoms with Gasteiger partial charge in [0.1, 0.15) is 22.8 Å². The summed E-state index contributed by atoms with van der Waals surface area (Å²) in [5.74, 6) is -6.10. The Labute approximate surface area is 402 Å². The SMILES string of the molecule is CC(=O)Nc1cc(N=Nc2c(O)cc(C(=O)O)c(N=Nc3ccc(N=Nc4ccc(S(=O)(=O)CCOS(=O)(=O)O)cc4)c(NC(C)=O)c3)c2O)ccc1N=Nc1ccc(S(=O)(=O)CCOS(=O)(=O)O)cc1. The first-order chi connectivity index (χ1) is 33.2. The maximum absolute atomic E-state index is 12.5. The van der Waals surface area contributed by atoms with Crippen molar-refractivity contribution in [3.8, 4) is 11.5 Å². The molecule has 0 aliphatic rings. The number of hydrogen-bond acceptors (Lipinski definition) is 23. The van der Waals surface area contributed by atoms with E-state index in [-0.39, 0.29) is 55.3 Å². The van der Waals surface area contributed by atoms with Gasteiger partial charge in [0.2, 0.25) is 11.8 Å². The van der Waals surface area contributed by atoms with Gasteiger partial charge in [-0.1, -0.05) is 0 Å². The molecule has 0 saturated heterocycles. The average Bonchev–Trinajstić information content (AvgIpc) is 3.26. The second-order valence-electron chi connectivity index (χ2n) is 14.0. The highest BCUT2D eigenvalue weighted by Gasteiger charge is 2.23. The second kappa shape index (κ2) is 22.7. The molecular formula is C39H36N10O18S4. The van der Waals surface area contributed by atoms with Crippen LogP contribution < -0.4 is 10.6 Å². The van der Waals surface area contributed by atoms with Crippen molar-refractivity contribution in [1.29, 1.82) is 0 Å². The predicted molar refractivity (Wildman–Crippen MR) is 247 cm³/mol. The third-order valence-electron chi connectivity index (χ3n) is 8.68. The van der Waals surface area contributed by atoms with Gasteiger partial charge in [0.25, 0.3) is 0 Å². The van der Waals surface area contributed by atoms with E-state index in [4.69, 9.17) is 9.11 Å². The molecule has 0 aromatic heterocycles. The number of phenolic OH excluding ortho intramolecular Hbond substituents is 2. The van der Waals surface area contributed by atoms with Crippen LogP contribution in [0.4, 0.5) is 56.9 Å². The Balaban J connectivity index is 1.37. The van der Waals surface area contributed by atoms with Gasteiger partial charge in [0.05, 0.1) is 74.2 Å². The Kier molecular flexibility index (Phi) is 17.3. The quantitative estimate of drug-likeness (QED) is 0.0275. The van der Waals surface area contributed by atoms with Crippen molar-refractivity contribution < 1.29 is 80.8 Å². The molecule has 0 aliphatic carbocycles. The molecule has 28 nitrogen and oxygen atoms in total. The van der Waals surface area contributed by atoms with Crippen LogP contribution in [0.5, 0.6) is 11.5 Å². The minimum atomic E-state index is -4.84. The van der Waals surface area contributed by atoms with Crippen LogP contribution in [-0.4, -0.2) is 101 Å². The summed E-state index contributed by atoms with van der Waals surface area (Å²) in [6, 6.07) is 18.4. The number of azo groups is 4. The van der Waals surface area contributed by atoms with Gasteiger partial charge in [0.15, 0.2) is 31.1 Å². The third kappa shape index (κ3) is 16.1. The van der Waals surface area contributed by atoms with E-state index in [9.17, 15) is 63.4 Å². The number of benzene rings is 5. The van der Waals surface area contributed by atoms with Crippen molar-refractivity contribution >= 4 is 115 Å². The van der Waals surface area contributed by atoms with Crippen molar-refractivity contribution in [2.45, 2.75) is 23.6 Å². The standard InChI is InChI=1S/C39H36N10O18S4/c1-22(50)40-33-19-26(7-13-31(33)46-42-24-3-9-28(10-4-24)68(56,57)17-15-66-70(60,61)62)44-48-36-30(39(54)55)21-35(52)37(38(36)53)49-45-27-8-14-32(34(20-27)41-23(2)51)47-43-25-5-11-29(12-6-25)69(58,59)18-16-67-71(63,64)65/h3-14,19-21,52-53H,15-18H2,1-2H3,(H,40,50)(H,41,51)(H,54,55)(H,60,61,62)(H,63,64,65). The van der Waals surface area contributed by atoms with Crippen LogP contribution in [0.1, 0.15) is 24.2 Å². The lowest BCUT2D eigenvalue weighted by Gasteiger charge is -2.09. The van der Waals surface area contributed by atoms with Crippen molar-refractivity contribution in [2.24, 2.45) is 40.9 Å².